The van der Waals surface area contributed by atoms with E-state index in [0.29, 0.717) is 23.2 Å². The Kier molecular flexibility index (Phi) is 10.7. The van der Waals surface area contributed by atoms with Crippen molar-refractivity contribution in [1.82, 2.24) is 9.88 Å². The van der Waals surface area contributed by atoms with Crippen molar-refractivity contribution in [2.24, 2.45) is 11.8 Å². The van der Waals surface area contributed by atoms with E-state index in [9.17, 15) is 23.1 Å². The summed E-state index contributed by atoms with van der Waals surface area (Å²) in [6.45, 7) is 2.71. The third kappa shape index (κ3) is 8.61. The van der Waals surface area contributed by atoms with E-state index in [1.807, 2.05) is 24.4 Å². The number of alkyl halides is 3. The topological polar surface area (TPSA) is 62.7 Å². The summed E-state index contributed by atoms with van der Waals surface area (Å²) >= 11 is 1.45. The third-order valence-corrected chi connectivity index (χ3v) is 8.89. The van der Waals surface area contributed by atoms with Crippen LogP contribution < -0.4 is 4.74 Å². The number of nitrogens with zero attached hydrogens (tertiary/aromatic N) is 2. The van der Waals surface area contributed by atoms with E-state index in [4.69, 9.17) is 4.74 Å². The molecular formula is C31H37F3N2O3S. The van der Waals surface area contributed by atoms with Crippen molar-refractivity contribution in [3.63, 3.8) is 0 Å². The van der Waals surface area contributed by atoms with Crippen molar-refractivity contribution in [2.45, 2.75) is 56.0 Å². The lowest BCUT2D eigenvalue weighted by Crippen LogP contribution is -2.41. The van der Waals surface area contributed by atoms with Gasteiger partial charge in [-0.1, -0.05) is 6.07 Å². The Morgan fingerprint density at radius 2 is 1.98 bits per heavy atom. The van der Waals surface area contributed by atoms with Crippen LogP contribution in [0, 0.1) is 11.8 Å². The number of hydrogen-bond acceptors (Lipinski definition) is 5. The Bertz CT molecular complexity index is 1270. The molecule has 2 heterocycles. The maximum absolute atomic E-state index is 13.0. The summed E-state index contributed by atoms with van der Waals surface area (Å²) in [6.07, 6.45) is 3.29. The first-order valence-electron chi connectivity index (χ1n) is 13.9. The second-order valence-electron chi connectivity index (χ2n) is 10.5. The summed E-state index contributed by atoms with van der Waals surface area (Å²) in [7, 11) is 1.66. The molecule has 9 heteroatoms. The maximum Gasteiger partial charge on any atom is 0.416 e. The number of aryl methyl sites for hydroxylation is 1. The van der Waals surface area contributed by atoms with Gasteiger partial charge < -0.3 is 14.7 Å². The number of likely N-dealkylation sites (tertiary alicyclic amines) is 1. The first kappa shape index (κ1) is 30.2. The van der Waals surface area contributed by atoms with Crippen molar-refractivity contribution in [3.05, 3.63) is 65.9 Å². The number of benzene rings is 2. The molecule has 4 rings (SSSR count). The number of halogens is 3. The lowest BCUT2D eigenvalue weighted by Gasteiger charge is -2.39. The fraction of sp³-hybridized carbons (Fsp3) is 0.484. The maximum atomic E-state index is 13.0. The molecule has 1 aromatic heterocycles. The van der Waals surface area contributed by atoms with Gasteiger partial charge in [0.15, 0.2) is 0 Å². The minimum Gasteiger partial charge on any atom is -0.497 e. The second-order valence-corrected chi connectivity index (χ2v) is 11.7. The zero-order valence-electron chi connectivity index (χ0n) is 22.8. The number of methoxy groups -OCH3 is 1. The van der Waals surface area contributed by atoms with Gasteiger partial charge in [-0.3, -0.25) is 9.78 Å². The molecule has 0 amide bonds. The van der Waals surface area contributed by atoms with E-state index in [2.05, 4.69) is 16.0 Å². The van der Waals surface area contributed by atoms with E-state index in [0.717, 1.165) is 80.2 Å². The van der Waals surface area contributed by atoms with Crippen molar-refractivity contribution in [3.8, 4) is 5.75 Å². The molecule has 5 nitrogen and oxygen atoms in total. The lowest BCUT2D eigenvalue weighted by atomic mass is 9.79. The minimum atomic E-state index is -4.33. The monoisotopic (exact) mass is 574 g/mol. The quantitative estimate of drug-likeness (QED) is 0.168. The van der Waals surface area contributed by atoms with Gasteiger partial charge in [-0.15, -0.1) is 11.8 Å². The molecule has 0 spiro atoms. The van der Waals surface area contributed by atoms with Gasteiger partial charge in [0, 0.05) is 29.4 Å². The van der Waals surface area contributed by atoms with Crippen molar-refractivity contribution in [2.75, 3.05) is 32.5 Å². The fourth-order valence-electron chi connectivity index (χ4n) is 5.70. The van der Waals surface area contributed by atoms with Gasteiger partial charge >= 0.3 is 12.1 Å². The Morgan fingerprint density at radius 3 is 2.75 bits per heavy atom. The van der Waals surface area contributed by atoms with Crippen LogP contribution in [0.4, 0.5) is 13.2 Å². The van der Waals surface area contributed by atoms with Crippen LogP contribution in [0.3, 0.4) is 0 Å². The number of pyridine rings is 1. The van der Waals surface area contributed by atoms with Crippen molar-refractivity contribution >= 4 is 28.6 Å². The Balaban J connectivity index is 1.27. The van der Waals surface area contributed by atoms with Crippen LogP contribution in [0.15, 0.2) is 59.6 Å². The van der Waals surface area contributed by atoms with Gasteiger partial charge in [-0.2, -0.15) is 13.2 Å². The van der Waals surface area contributed by atoms with E-state index in [-0.39, 0.29) is 6.42 Å². The zero-order chi connectivity index (χ0) is 28.5. The molecule has 2 atom stereocenters. The second kappa shape index (κ2) is 14.2. The molecule has 216 valence electrons. The number of aromatic nitrogens is 1. The lowest BCUT2D eigenvalue weighted by molar-refractivity contribution is -0.138. The molecule has 1 saturated heterocycles. The van der Waals surface area contributed by atoms with Gasteiger partial charge in [-0.25, -0.2) is 0 Å². The molecule has 0 aliphatic carbocycles. The molecule has 0 bridgehead atoms. The van der Waals surface area contributed by atoms with Crippen molar-refractivity contribution < 1.29 is 27.8 Å². The van der Waals surface area contributed by atoms with E-state index >= 15 is 0 Å². The van der Waals surface area contributed by atoms with Crippen LogP contribution in [-0.4, -0.2) is 53.5 Å². The number of thioether (sulfide) groups is 1. The number of carbonyl (C=O) groups is 1. The smallest absolute Gasteiger partial charge is 0.416 e. The summed E-state index contributed by atoms with van der Waals surface area (Å²) in [4.78, 5) is 18.8. The number of rotatable bonds is 13. The first-order chi connectivity index (χ1) is 19.2. The molecule has 2 unspecified atom stereocenters. The summed E-state index contributed by atoms with van der Waals surface area (Å²) in [5.74, 6) is 1.61. The number of piperidine rings is 1. The average molecular weight is 575 g/mol. The largest absolute Gasteiger partial charge is 0.497 e. The normalized spacial score (nSPS) is 18.2. The van der Waals surface area contributed by atoms with Gasteiger partial charge in [0.25, 0.3) is 0 Å². The Hall–Kier alpha value is -2.78. The van der Waals surface area contributed by atoms with Crippen LogP contribution in [0.25, 0.3) is 10.9 Å². The summed E-state index contributed by atoms with van der Waals surface area (Å²) in [5, 5.41) is 10.4. The van der Waals surface area contributed by atoms with Crippen molar-refractivity contribution in [1.29, 1.82) is 0 Å². The van der Waals surface area contributed by atoms with Gasteiger partial charge in [0.2, 0.25) is 0 Å². The molecule has 1 aliphatic rings. The van der Waals surface area contributed by atoms with Crippen LogP contribution in [0.2, 0.25) is 0 Å². The molecule has 40 heavy (non-hydrogen) atoms. The standard InChI is InChI=1S/C31H37F3N2O3S/c1-39-26-10-11-29-28(20-26)23(13-15-35-29)6-2-5-22-14-17-36(21-24(22)9-12-30(37)38)16-4-18-40-27-8-3-7-25(19-27)31(32,33)34/h3,7-8,10-11,13,15,19-20,22,24H,2,4-6,9,12,14,16-18,21H2,1H3,(H,37,38). The van der Waals surface area contributed by atoms with E-state index in [1.165, 1.54) is 29.5 Å². The van der Waals surface area contributed by atoms with Crippen LogP contribution in [0.1, 0.15) is 49.7 Å². The van der Waals surface area contributed by atoms with Gasteiger partial charge in [-0.05, 0) is 117 Å². The number of carboxylic acids is 1. The van der Waals surface area contributed by atoms with E-state index < -0.39 is 17.7 Å². The van der Waals surface area contributed by atoms with E-state index in [1.54, 1.807) is 13.2 Å². The summed E-state index contributed by atoms with van der Waals surface area (Å²) in [6, 6.07) is 13.5. The zero-order valence-corrected chi connectivity index (χ0v) is 23.6. The fourth-order valence-corrected chi connectivity index (χ4v) is 6.59. The highest BCUT2D eigenvalue weighted by molar-refractivity contribution is 7.99. The Labute approximate surface area is 238 Å². The Morgan fingerprint density at radius 1 is 1.12 bits per heavy atom. The number of hydrogen-bond donors (Lipinski definition) is 1. The molecule has 2 aromatic carbocycles. The SMILES string of the molecule is COc1ccc2nccc(CCCC3CCN(CCCSc4cccc(C(F)(F)F)c4)CC3CCC(=O)O)c2c1. The molecule has 1 N–H and O–H groups in total. The highest BCUT2D eigenvalue weighted by Gasteiger charge is 2.31. The van der Waals surface area contributed by atoms with Gasteiger partial charge in [0.1, 0.15) is 5.75 Å². The summed E-state index contributed by atoms with van der Waals surface area (Å²) < 4.78 is 44.3. The highest BCUT2D eigenvalue weighted by atomic mass is 32.2. The molecule has 1 aliphatic heterocycles. The number of fused-ring (bicyclic) bond motifs is 1. The predicted octanol–water partition coefficient (Wildman–Crippen LogP) is 7.57. The minimum absolute atomic E-state index is 0.176. The average Bonchev–Trinajstić information content (AvgIpc) is 2.94. The first-order valence-corrected chi connectivity index (χ1v) is 14.9. The molecular weight excluding hydrogens is 537 g/mol. The highest BCUT2D eigenvalue weighted by Crippen LogP contribution is 2.34. The summed E-state index contributed by atoms with van der Waals surface area (Å²) in [5.41, 5.74) is 1.59. The number of ether oxygens (including phenoxy) is 1. The third-order valence-electron chi connectivity index (χ3n) is 7.81. The molecule has 3 aromatic rings. The number of aliphatic carboxylic acids is 1. The number of carboxylic acid groups (broad SMARTS) is 1. The van der Waals surface area contributed by atoms with Gasteiger partial charge in [0.05, 0.1) is 18.2 Å². The molecule has 0 saturated carbocycles. The molecule has 1 fully saturated rings. The molecule has 0 radical (unpaired) electrons. The van der Waals surface area contributed by atoms with Crippen LogP contribution in [-0.2, 0) is 17.4 Å². The predicted molar refractivity (Wildman–Crippen MR) is 153 cm³/mol. The van der Waals surface area contributed by atoms with Crippen LogP contribution >= 0.6 is 11.8 Å². The van der Waals surface area contributed by atoms with Crippen LogP contribution in [0.5, 0.6) is 5.75 Å².